The maximum Gasteiger partial charge on any atom is 0.244 e. The van der Waals surface area contributed by atoms with E-state index in [2.05, 4.69) is 48.0 Å². The molecular formula is C29H31N3O2. The molecule has 1 heterocycles. The fourth-order valence-electron chi connectivity index (χ4n) is 4.08. The van der Waals surface area contributed by atoms with Gasteiger partial charge in [-0.2, -0.15) is 0 Å². The van der Waals surface area contributed by atoms with Crippen molar-refractivity contribution in [1.82, 2.24) is 14.9 Å². The van der Waals surface area contributed by atoms with Crippen LogP contribution in [0.15, 0.2) is 78.9 Å². The van der Waals surface area contributed by atoms with E-state index in [1.807, 2.05) is 54.6 Å². The number of amides is 1. The highest BCUT2D eigenvalue weighted by molar-refractivity contribution is 5.91. The summed E-state index contributed by atoms with van der Waals surface area (Å²) in [5.74, 6) is 1.85. The first-order chi connectivity index (χ1) is 16.6. The molecule has 0 bridgehead atoms. The fourth-order valence-corrected chi connectivity index (χ4v) is 4.08. The summed E-state index contributed by atoms with van der Waals surface area (Å²) in [4.78, 5) is 17.0. The number of hydrogen-bond donors (Lipinski definition) is 1. The number of aromatic nitrogens is 2. The first-order valence-electron chi connectivity index (χ1n) is 11.8. The molecule has 0 spiro atoms. The number of carbonyl (C=O) groups is 1. The van der Waals surface area contributed by atoms with Crippen LogP contribution in [0.2, 0.25) is 0 Å². The monoisotopic (exact) mass is 453 g/mol. The highest BCUT2D eigenvalue weighted by atomic mass is 16.5. The molecule has 0 fully saturated rings. The summed E-state index contributed by atoms with van der Waals surface area (Å²) in [7, 11) is 0. The normalized spacial score (nSPS) is 11.2. The Balaban J connectivity index is 1.35. The molecule has 0 atom stereocenters. The molecule has 4 rings (SSSR count). The molecule has 34 heavy (non-hydrogen) atoms. The number of carbonyl (C=O) groups excluding carboxylic acids is 1. The fraction of sp³-hybridized carbons (Fsp3) is 0.241. The van der Waals surface area contributed by atoms with Crippen molar-refractivity contribution in [2.75, 3.05) is 13.2 Å². The smallest absolute Gasteiger partial charge is 0.244 e. The average Bonchev–Trinajstić information content (AvgIpc) is 3.20. The minimum absolute atomic E-state index is 0.103. The SMILES string of the molecule is Cc1cccc(C)c1OCCCn1c(CCNC(=O)/C=C/c2ccccc2)nc2ccccc21. The number of para-hydroxylation sites is 3. The topological polar surface area (TPSA) is 56.1 Å². The maximum absolute atomic E-state index is 12.2. The molecule has 0 aliphatic rings. The predicted octanol–water partition coefficient (Wildman–Crippen LogP) is 5.49. The lowest BCUT2D eigenvalue weighted by molar-refractivity contribution is -0.116. The van der Waals surface area contributed by atoms with Crippen molar-refractivity contribution in [3.63, 3.8) is 0 Å². The zero-order chi connectivity index (χ0) is 23.8. The van der Waals surface area contributed by atoms with Crippen LogP contribution >= 0.6 is 0 Å². The number of aryl methyl sites for hydroxylation is 3. The Hall–Kier alpha value is -3.86. The lowest BCUT2D eigenvalue weighted by Crippen LogP contribution is -2.24. The van der Waals surface area contributed by atoms with Gasteiger partial charge in [-0.3, -0.25) is 4.79 Å². The van der Waals surface area contributed by atoms with Crippen LogP contribution in [-0.4, -0.2) is 28.6 Å². The number of imidazole rings is 1. The van der Waals surface area contributed by atoms with Gasteiger partial charge in [0.25, 0.3) is 0 Å². The van der Waals surface area contributed by atoms with Crippen molar-refractivity contribution in [2.24, 2.45) is 0 Å². The summed E-state index contributed by atoms with van der Waals surface area (Å²) < 4.78 is 8.34. The summed E-state index contributed by atoms with van der Waals surface area (Å²) in [5, 5.41) is 2.97. The maximum atomic E-state index is 12.2. The number of nitrogens with zero attached hydrogens (tertiary/aromatic N) is 2. The minimum Gasteiger partial charge on any atom is -0.493 e. The van der Waals surface area contributed by atoms with Gasteiger partial charge in [-0.1, -0.05) is 60.7 Å². The lowest BCUT2D eigenvalue weighted by atomic mass is 10.1. The third kappa shape index (κ3) is 5.93. The van der Waals surface area contributed by atoms with Gasteiger partial charge in [-0.05, 0) is 55.2 Å². The van der Waals surface area contributed by atoms with Crippen molar-refractivity contribution in [3.8, 4) is 5.75 Å². The van der Waals surface area contributed by atoms with Gasteiger partial charge in [0.05, 0.1) is 17.6 Å². The molecule has 0 saturated heterocycles. The zero-order valence-corrected chi connectivity index (χ0v) is 19.8. The van der Waals surface area contributed by atoms with Crippen molar-refractivity contribution >= 4 is 23.0 Å². The Morgan fingerprint density at radius 3 is 2.50 bits per heavy atom. The van der Waals surface area contributed by atoms with E-state index in [-0.39, 0.29) is 5.91 Å². The van der Waals surface area contributed by atoms with Crippen LogP contribution in [-0.2, 0) is 17.8 Å². The van der Waals surface area contributed by atoms with Crippen molar-refractivity contribution in [3.05, 3.63) is 101 Å². The number of nitrogens with one attached hydrogen (secondary N) is 1. The quantitative estimate of drug-likeness (QED) is 0.255. The molecule has 5 heteroatoms. The van der Waals surface area contributed by atoms with Crippen LogP contribution in [0.4, 0.5) is 0 Å². The van der Waals surface area contributed by atoms with Crippen LogP contribution in [0.5, 0.6) is 5.75 Å². The lowest BCUT2D eigenvalue weighted by Gasteiger charge is -2.13. The molecule has 0 aliphatic heterocycles. The highest BCUT2D eigenvalue weighted by Crippen LogP contribution is 2.23. The molecule has 174 valence electrons. The van der Waals surface area contributed by atoms with Gasteiger partial charge >= 0.3 is 0 Å². The molecule has 3 aromatic carbocycles. The summed E-state index contributed by atoms with van der Waals surface area (Å²) in [5.41, 5.74) is 5.41. The van der Waals surface area contributed by atoms with Gasteiger partial charge in [-0.15, -0.1) is 0 Å². The van der Waals surface area contributed by atoms with Gasteiger partial charge < -0.3 is 14.6 Å². The zero-order valence-electron chi connectivity index (χ0n) is 19.8. The second-order valence-corrected chi connectivity index (χ2v) is 8.38. The Morgan fingerprint density at radius 1 is 0.971 bits per heavy atom. The van der Waals surface area contributed by atoms with E-state index in [0.717, 1.165) is 52.3 Å². The van der Waals surface area contributed by atoms with Gasteiger partial charge in [0.2, 0.25) is 5.91 Å². The molecule has 0 radical (unpaired) electrons. The van der Waals surface area contributed by atoms with Crippen LogP contribution in [0.25, 0.3) is 17.1 Å². The number of benzene rings is 3. The van der Waals surface area contributed by atoms with E-state index in [9.17, 15) is 4.79 Å². The third-order valence-corrected chi connectivity index (χ3v) is 5.79. The van der Waals surface area contributed by atoms with Gasteiger partial charge in [0.1, 0.15) is 11.6 Å². The molecule has 1 amide bonds. The Bertz CT molecular complexity index is 1260. The van der Waals surface area contributed by atoms with E-state index in [4.69, 9.17) is 9.72 Å². The summed E-state index contributed by atoms with van der Waals surface area (Å²) >= 11 is 0. The van der Waals surface area contributed by atoms with Crippen molar-refractivity contribution in [2.45, 2.75) is 33.2 Å². The van der Waals surface area contributed by atoms with Crippen molar-refractivity contribution in [1.29, 1.82) is 0 Å². The molecule has 1 N–H and O–H groups in total. The predicted molar refractivity (Wildman–Crippen MR) is 138 cm³/mol. The molecule has 5 nitrogen and oxygen atoms in total. The number of ether oxygens (including phenoxy) is 1. The van der Waals surface area contributed by atoms with Crippen molar-refractivity contribution < 1.29 is 9.53 Å². The molecular weight excluding hydrogens is 422 g/mol. The third-order valence-electron chi connectivity index (χ3n) is 5.79. The summed E-state index contributed by atoms with van der Waals surface area (Å²) in [6, 6.07) is 24.2. The summed E-state index contributed by atoms with van der Waals surface area (Å²) in [6.45, 7) is 6.13. The minimum atomic E-state index is -0.103. The Morgan fingerprint density at radius 2 is 1.71 bits per heavy atom. The van der Waals surface area contributed by atoms with Crippen LogP contribution in [0.1, 0.15) is 28.9 Å². The van der Waals surface area contributed by atoms with E-state index < -0.39 is 0 Å². The van der Waals surface area contributed by atoms with Crippen LogP contribution in [0.3, 0.4) is 0 Å². The number of hydrogen-bond acceptors (Lipinski definition) is 3. The molecule has 0 saturated carbocycles. The first-order valence-corrected chi connectivity index (χ1v) is 11.8. The summed E-state index contributed by atoms with van der Waals surface area (Å²) in [6.07, 6.45) is 4.93. The van der Waals surface area contributed by atoms with Gasteiger partial charge in [0, 0.05) is 25.6 Å². The second kappa shape index (κ2) is 11.3. The Kier molecular flexibility index (Phi) is 7.76. The van der Waals surface area contributed by atoms with E-state index in [1.54, 1.807) is 6.08 Å². The molecule has 0 aliphatic carbocycles. The van der Waals surface area contributed by atoms with E-state index in [0.29, 0.717) is 19.6 Å². The van der Waals surface area contributed by atoms with E-state index >= 15 is 0 Å². The standard InChI is InChI=1S/C29H31N3O2/c1-22-10-8-11-23(2)29(22)34-21-9-20-32-26-15-7-6-14-25(26)31-27(32)18-19-30-28(33)17-16-24-12-4-3-5-13-24/h3-8,10-17H,9,18-21H2,1-2H3,(H,30,33)/b17-16+. The van der Waals surface area contributed by atoms with E-state index in [1.165, 1.54) is 0 Å². The number of fused-ring (bicyclic) bond motifs is 1. The Labute approximate surface area is 201 Å². The highest BCUT2D eigenvalue weighted by Gasteiger charge is 2.11. The first kappa shape index (κ1) is 23.3. The molecule has 1 aromatic heterocycles. The van der Waals surface area contributed by atoms with Crippen LogP contribution in [0, 0.1) is 13.8 Å². The van der Waals surface area contributed by atoms with Gasteiger partial charge in [0.15, 0.2) is 0 Å². The molecule has 0 unspecified atom stereocenters. The average molecular weight is 454 g/mol. The number of rotatable bonds is 10. The van der Waals surface area contributed by atoms with Crippen LogP contribution < -0.4 is 10.1 Å². The van der Waals surface area contributed by atoms with Gasteiger partial charge in [-0.25, -0.2) is 4.98 Å². The second-order valence-electron chi connectivity index (χ2n) is 8.38. The largest absolute Gasteiger partial charge is 0.493 e. The molecule has 4 aromatic rings.